The molecule has 0 bridgehead atoms. The second kappa shape index (κ2) is 8.17. The molecule has 0 N–H and O–H groups in total. The van der Waals surface area contributed by atoms with Crippen molar-refractivity contribution in [2.75, 3.05) is 0 Å². The predicted octanol–water partition coefficient (Wildman–Crippen LogP) is 5.58. The SMILES string of the molecule is O=C(OCc1ccc(Cl)cc1)c1ccccc1C(=O)c1ccc(Cl)cc1. The van der Waals surface area contributed by atoms with Gasteiger partial charge in [-0.2, -0.15) is 0 Å². The Bertz CT molecular complexity index is 932. The first-order valence-corrected chi connectivity index (χ1v) is 8.61. The Morgan fingerprint density at radius 2 is 1.27 bits per heavy atom. The number of ketones is 1. The molecular weight excluding hydrogens is 371 g/mol. The van der Waals surface area contributed by atoms with E-state index in [4.69, 9.17) is 27.9 Å². The minimum absolute atomic E-state index is 0.0967. The fourth-order valence-electron chi connectivity index (χ4n) is 2.42. The van der Waals surface area contributed by atoms with Crippen molar-refractivity contribution >= 4 is 35.0 Å². The molecule has 130 valence electrons. The van der Waals surface area contributed by atoms with Crippen molar-refractivity contribution in [2.24, 2.45) is 0 Å². The monoisotopic (exact) mass is 384 g/mol. The average Bonchev–Trinajstić information content (AvgIpc) is 2.67. The zero-order valence-corrected chi connectivity index (χ0v) is 15.1. The molecule has 3 nitrogen and oxygen atoms in total. The van der Waals surface area contributed by atoms with Gasteiger partial charge < -0.3 is 4.74 Å². The van der Waals surface area contributed by atoms with E-state index in [2.05, 4.69) is 0 Å². The minimum atomic E-state index is -0.558. The highest BCUT2D eigenvalue weighted by molar-refractivity contribution is 6.31. The Labute approximate surface area is 161 Å². The normalized spacial score (nSPS) is 10.4. The highest BCUT2D eigenvalue weighted by Crippen LogP contribution is 2.18. The third kappa shape index (κ3) is 4.31. The van der Waals surface area contributed by atoms with Gasteiger partial charge in [0.25, 0.3) is 0 Å². The van der Waals surface area contributed by atoms with Crippen LogP contribution in [0.25, 0.3) is 0 Å². The maximum atomic E-state index is 12.7. The first-order valence-electron chi connectivity index (χ1n) is 7.85. The van der Waals surface area contributed by atoms with Gasteiger partial charge in [-0.25, -0.2) is 4.79 Å². The number of rotatable bonds is 5. The van der Waals surface area contributed by atoms with Crippen LogP contribution in [0.4, 0.5) is 0 Å². The number of hydrogen-bond acceptors (Lipinski definition) is 3. The van der Waals surface area contributed by atoms with E-state index < -0.39 is 5.97 Å². The largest absolute Gasteiger partial charge is 0.457 e. The molecule has 0 aliphatic heterocycles. The predicted molar refractivity (Wildman–Crippen MR) is 102 cm³/mol. The van der Waals surface area contributed by atoms with Crippen LogP contribution in [0.15, 0.2) is 72.8 Å². The summed E-state index contributed by atoms with van der Waals surface area (Å²) in [6.45, 7) is 0.0967. The van der Waals surface area contributed by atoms with Gasteiger partial charge in [-0.15, -0.1) is 0 Å². The number of hydrogen-bond donors (Lipinski definition) is 0. The van der Waals surface area contributed by atoms with Gasteiger partial charge in [0, 0.05) is 21.2 Å². The lowest BCUT2D eigenvalue weighted by Crippen LogP contribution is -2.12. The minimum Gasteiger partial charge on any atom is -0.457 e. The summed E-state index contributed by atoms with van der Waals surface area (Å²) in [6.07, 6.45) is 0. The molecule has 5 heteroatoms. The van der Waals surface area contributed by atoms with E-state index in [9.17, 15) is 9.59 Å². The van der Waals surface area contributed by atoms with E-state index in [1.807, 2.05) is 0 Å². The molecule has 0 saturated heterocycles. The summed E-state index contributed by atoms with van der Waals surface area (Å²) in [5.41, 5.74) is 1.77. The van der Waals surface area contributed by atoms with Gasteiger partial charge in [-0.05, 0) is 48.0 Å². The van der Waals surface area contributed by atoms with Gasteiger partial charge in [0.15, 0.2) is 5.78 Å². The quantitative estimate of drug-likeness (QED) is 0.425. The molecule has 0 spiro atoms. The molecule has 0 unspecified atom stereocenters. The molecule has 3 aromatic carbocycles. The Morgan fingerprint density at radius 3 is 1.88 bits per heavy atom. The topological polar surface area (TPSA) is 43.4 Å². The second-order valence-corrected chi connectivity index (χ2v) is 6.46. The molecule has 0 aliphatic rings. The highest BCUT2D eigenvalue weighted by Gasteiger charge is 2.19. The van der Waals surface area contributed by atoms with Gasteiger partial charge in [-0.1, -0.05) is 53.5 Å². The van der Waals surface area contributed by atoms with Gasteiger partial charge >= 0.3 is 5.97 Å². The lowest BCUT2D eigenvalue weighted by Gasteiger charge is -2.09. The molecule has 0 saturated carbocycles. The number of carbonyl (C=O) groups excluding carboxylic acids is 2. The van der Waals surface area contributed by atoms with Crippen molar-refractivity contribution < 1.29 is 14.3 Å². The molecule has 0 fully saturated rings. The van der Waals surface area contributed by atoms with Crippen LogP contribution in [0, 0.1) is 0 Å². The van der Waals surface area contributed by atoms with Crippen LogP contribution in [0.2, 0.25) is 10.0 Å². The summed E-state index contributed by atoms with van der Waals surface area (Å²) in [6, 6.07) is 20.1. The van der Waals surface area contributed by atoms with Crippen LogP contribution >= 0.6 is 23.2 Å². The van der Waals surface area contributed by atoms with E-state index in [0.29, 0.717) is 15.6 Å². The first kappa shape index (κ1) is 18.2. The molecule has 0 amide bonds. The molecule has 3 aromatic rings. The van der Waals surface area contributed by atoms with Gasteiger partial charge in [-0.3, -0.25) is 4.79 Å². The smallest absolute Gasteiger partial charge is 0.339 e. The molecule has 0 atom stereocenters. The summed E-state index contributed by atoms with van der Waals surface area (Å²) in [7, 11) is 0. The molecule has 26 heavy (non-hydrogen) atoms. The molecule has 0 aromatic heterocycles. The Hall–Kier alpha value is -2.62. The third-order valence-electron chi connectivity index (χ3n) is 3.78. The van der Waals surface area contributed by atoms with Crippen molar-refractivity contribution in [1.29, 1.82) is 0 Å². The van der Waals surface area contributed by atoms with Crippen LogP contribution in [-0.4, -0.2) is 11.8 Å². The number of ether oxygens (including phenoxy) is 1. The lowest BCUT2D eigenvalue weighted by atomic mass is 9.98. The van der Waals surface area contributed by atoms with Crippen LogP contribution in [0.3, 0.4) is 0 Å². The number of esters is 1. The van der Waals surface area contributed by atoms with E-state index in [1.54, 1.807) is 72.8 Å². The van der Waals surface area contributed by atoms with E-state index in [0.717, 1.165) is 5.56 Å². The molecule has 0 radical (unpaired) electrons. The lowest BCUT2D eigenvalue weighted by molar-refractivity contribution is 0.0470. The summed E-state index contributed by atoms with van der Waals surface area (Å²) >= 11 is 11.7. The summed E-state index contributed by atoms with van der Waals surface area (Å²) in [5, 5.41) is 1.15. The summed E-state index contributed by atoms with van der Waals surface area (Å²) < 4.78 is 5.34. The Kier molecular flexibility index (Phi) is 5.71. The summed E-state index contributed by atoms with van der Waals surface area (Å²) in [4.78, 5) is 25.2. The number of carbonyl (C=O) groups is 2. The van der Waals surface area contributed by atoms with Crippen molar-refractivity contribution in [3.8, 4) is 0 Å². The van der Waals surface area contributed by atoms with Crippen LogP contribution in [0.1, 0.15) is 31.8 Å². The number of benzene rings is 3. The summed E-state index contributed by atoms with van der Waals surface area (Å²) in [5.74, 6) is -0.821. The molecule has 3 rings (SSSR count). The Balaban J connectivity index is 1.79. The zero-order valence-electron chi connectivity index (χ0n) is 13.6. The third-order valence-corrected chi connectivity index (χ3v) is 4.29. The fourth-order valence-corrected chi connectivity index (χ4v) is 2.68. The van der Waals surface area contributed by atoms with Crippen molar-refractivity contribution in [3.05, 3.63) is 105 Å². The second-order valence-electron chi connectivity index (χ2n) is 5.58. The Morgan fingerprint density at radius 1 is 0.731 bits per heavy atom. The number of halogens is 2. The van der Waals surface area contributed by atoms with Gasteiger partial charge in [0.2, 0.25) is 0 Å². The molecule has 0 heterocycles. The fraction of sp³-hybridized carbons (Fsp3) is 0.0476. The van der Waals surface area contributed by atoms with Gasteiger partial charge in [0.1, 0.15) is 6.61 Å². The molecular formula is C21H14Cl2O3. The standard InChI is InChI=1S/C21H14Cl2O3/c22-16-9-5-14(6-10-16)13-26-21(25)19-4-2-1-3-18(19)20(24)15-7-11-17(23)12-8-15/h1-12H,13H2. The van der Waals surface area contributed by atoms with E-state index in [-0.39, 0.29) is 23.5 Å². The van der Waals surface area contributed by atoms with Crippen molar-refractivity contribution in [3.63, 3.8) is 0 Å². The van der Waals surface area contributed by atoms with E-state index in [1.165, 1.54) is 0 Å². The van der Waals surface area contributed by atoms with Crippen LogP contribution in [-0.2, 0) is 11.3 Å². The average molecular weight is 385 g/mol. The van der Waals surface area contributed by atoms with Gasteiger partial charge in [0.05, 0.1) is 5.56 Å². The molecule has 0 aliphatic carbocycles. The maximum Gasteiger partial charge on any atom is 0.339 e. The van der Waals surface area contributed by atoms with Crippen molar-refractivity contribution in [1.82, 2.24) is 0 Å². The highest BCUT2D eigenvalue weighted by atomic mass is 35.5. The first-order chi connectivity index (χ1) is 12.5. The van der Waals surface area contributed by atoms with E-state index >= 15 is 0 Å². The maximum absolute atomic E-state index is 12.7. The van der Waals surface area contributed by atoms with Crippen LogP contribution < -0.4 is 0 Å². The van der Waals surface area contributed by atoms with Crippen LogP contribution in [0.5, 0.6) is 0 Å². The van der Waals surface area contributed by atoms with Crippen molar-refractivity contribution in [2.45, 2.75) is 6.61 Å². The zero-order chi connectivity index (χ0) is 18.5.